The Morgan fingerprint density at radius 1 is 0.971 bits per heavy atom. The molecule has 1 heterocycles. The average molecular weight is 490 g/mol. The van der Waals surface area contributed by atoms with Crippen LogP contribution >= 0.6 is 11.3 Å². The Hall–Kier alpha value is -4.37. The minimum Gasteiger partial charge on any atom is -0.455 e. The molecule has 0 radical (unpaired) electrons. The molecule has 4 rings (SSSR count). The molecule has 0 bridgehead atoms. The van der Waals surface area contributed by atoms with E-state index in [1.165, 1.54) is 30.0 Å². The Morgan fingerprint density at radius 2 is 1.66 bits per heavy atom. The van der Waals surface area contributed by atoms with Crippen LogP contribution in [0.2, 0.25) is 0 Å². The number of nitrogens with zero attached hydrogens (tertiary/aromatic N) is 2. The lowest BCUT2D eigenvalue weighted by Crippen LogP contribution is -2.23. The molecule has 0 fully saturated rings. The number of hydrogen-bond acceptors (Lipinski definition) is 6. The lowest BCUT2D eigenvalue weighted by molar-refractivity contribution is -0.115. The van der Waals surface area contributed by atoms with Crippen molar-refractivity contribution in [3.63, 3.8) is 0 Å². The van der Waals surface area contributed by atoms with Crippen molar-refractivity contribution in [3.8, 4) is 0 Å². The van der Waals surface area contributed by atoms with E-state index in [0.29, 0.717) is 16.9 Å². The summed E-state index contributed by atoms with van der Waals surface area (Å²) in [6.07, 6.45) is 0. The predicted octanol–water partition coefficient (Wildman–Crippen LogP) is 5.58. The summed E-state index contributed by atoms with van der Waals surface area (Å²) in [6.45, 7) is 1.15. The molecular weight excluding hydrogens is 469 g/mol. The number of ether oxygens (including phenoxy) is 1. The van der Waals surface area contributed by atoms with Gasteiger partial charge in [0.1, 0.15) is 12.4 Å². The van der Waals surface area contributed by atoms with Crippen molar-refractivity contribution in [2.24, 2.45) is 0 Å². The van der Waals surface area contributed by atoms with E-state index in [-0.39, 0.29) is 28.9 Å². The molecule has 0 atom stereocenters. The minimum absolute atomic E-state index is 0.0842. The summed E-state index contributed by atoms with van der Waals surface area (Å²) in [6, 6.07) is 21.0. The summed E-state index contributed by atoms with van der Waals surface area (Å²) < 4.78 is 19.7. The molecule has 7 nitrogen and oxygen atoms in total. The van der Waals surface area contributed by atoms with Crippen LogP contribution in [-0.4, -0.2) is 22.8 Å². The van der Waals surface area contributed by atoms with Crippen molar-refractivity contribution >= 4 is 45.6 Å². The third-order valence-electron chi connectivity index (χ3n) is 4.92. The second-order valence-electron chi connectivity index (χ2n) is 7.37. The Kier molecular flexibility index (Phi) is 7.27. The third-order valence-corrected chi connectivity index (χ3v) is 5.80. The van der Waals surface area contributed by atoms with Gasteiger partial charge < -0.3 is 10.1 Å². The zero-order valence-corrected chi connectivity index (χ0v) is 19.4. The molecule has 0 saturated heterocycles. The van der Waals surface area contributed by atoms with Gasteiger partial charge in [0.15, 0.2) is 5.13 Å². The van der Waals surface area contributed by atoms with Crippen LogP contribution in [0.1, 0.15) is 33.3 Å². The minimum atomic E-state index is -0.652. The van der Waals surface area contributed by atoms with E-state index in [0.717, 1.165) is 11.3 Å². The summed E-state index contributed by atoms with van der Waals surface area (Å²) in [5.74, 6) is -1.97. The van der Waals surface area contributed by atoms with E-state index in [2.05, 4.69) is 10.3 Å². The van der Waals surface area contributed by atoms with Crippen molar-refractivity contribution in [2.75, 3.05) is 10.2 Å². The molecule has 9 heteroatoms. The van der Waals surface area contributed by atoms with E-state index in [1.54, 1.807) is 66.0 Å². The third kappa shape index (κ3) is 5.59. The van der Waals surface area contributed by atoms with Gasteiger partial charge in [0, 0.05) is 17.9 Å². The molecule has 2 amide bonds. The van der Waals surface area contributed by atoms with Gasteiger partial charge in [0.2, 0.25) is 5.91 Å². The Bertz CT molecular complexity index is 1370. The highest BCUT2D eigenvalue weighted by Crippen LogP contribution is 2.31. The van der Waals surface area contributed by atoms with Gasteiger partial charge in [0.05, 0.1) is 22.6 Å². The largest absolute Gasteiger partial charge is 0.455 e. The summed E-state index contributed by atoms with van der Waals surface area (Å²) >= 11 is 1.13. The van der Waals surface area contributed by atoms with Crippen LogP contribution in [0.5, 0.6) is 0 Å². The quantitative estimate of drug-likeness (QED) is 0.343. The molecule has 176 valence electrons. The van der Waals surface area contributed by atoms with Gasteiger partial charge in [-0.15, -0.1) is 11.3 Å². The van der Waals surface area contributed by atoms with E-state index in [4.69, 9.17) is 4.74 Å². The molecule has 0 unspecified atom stereocenters. The molecule has 35 heavy (non-hydrogen) atoms. The van der Waals surface area contributed by atoms with Crippen molar-refractivity contribution in [2.45, 2.75) is 13.5 Å². The number of carbonyl (C=O) groups is 3. The highest BCUT2D eigenvalue weighted by Gasteiger charge is 2.21. The number of hydrogen-bond donors (Lipinski definition) is 1. The fourth-order valence-electron chi connectivity index (χ4n) is 3.28. The highest BCUT2D eigenvalue weighted by atomic mass is 32.1. The van der Waals surface area contributed by atoms with Crippen molar-refractivity contribution in [1.29, 1.82) is 0 Å². The first-order valence-corrected chi connectivity index (χ1v) is 11.4. The lowest BCUT2D eigenvalue weighted by Gasteiger charge is -2.18. The Morgan fingerprint density at radius 3 is 2.40 bits per heavy atom. The molecule has 3 aromatic carbocycles. The number of nitrogens with one attached hydrogen (secondary N) is 1. The first-order valence-electron chi connectivity index (χ1n) is 10.6. The van der Waals surface area contributed by atoms with Crippen LogP contribution in [0, 0.1) is 5.82 Å². The number of aromatic nitrogens is 1. The molecule has 0 aliphatic rings. The van der Waals surface area contributed by atoms with Crippen molar-refractivity contribution < 1.29 is 23.5 Å². The second-order valence-corrected chi connectivity index (χ2v) is 8.21. The second kappa shape index (κ2) is 10.7. The van der Waals surface area contributed by atoms with Crippen molar-refractivity contribution in [1.82, 2.24) is 4.98 Å². The number of benzene rings is 3. The number of esters is 1. The summed E-state index contributed by atoms with van der Waals surface area (Å²) in [5, 5.41) is 4.61. The Labute approximate surface area is 204 Å². The van der Waals surface area contributed by atoms with Crippen LogP contribution in [0.25, 0.3) is 0 Å². The standard InChI is InChI=1S/C26H20FN3O4S/c1-17(31)30(23-14-8-6-12-21(23)27)26-28-19(16-35-26)15-34-25(33)20-11-5-7-13-22(20)29-24(32)18-9-3-2-4-10-18/h2-14,16H,15H2,1H3,(H,29,32). The number of halogens is 1. The van der Waals surface area contributed by atoms with Gasteiger partial charge >= 0.3 is 5.97 Å². The van der Waals surface area contributed by atoms with Gasteiger partial charge in [-0.1, -0.05) is 42.5 Å². The maximum absolute atomic E-state index is 14.3. The van der Waals surface area contributed by atoms with Crippen LogP contribution in [0.4, 0.5) is 20.9 Å². The number of anilines is 3. The number of rotatable bonds is 7. The smallest absolute Gasteiger partial charge is 0.340 e. The molecule has 4 aromatic rings. The number of amides is 2. The van der Waals surface area contributed by atoms with Crippen LogP contribution in [0.15, 0.2) is 84.2 Å². The van der Waals surface area contributed by atoms with E-state index in [1.807, 2.05) is 0 Å². The van der Waals surface area contributed by atoms with E-state index in [9.17, 15) is 18.8 Å². The SMILES string of the molecule is CC(=O)N(c1nc(COC(=O)c2ccccc2NC(=O)c2ccccc2)cs1)c1ccccc1F. The Balaban J connectivity index is 1.46. The van der Waals surface area contributed by atoms with E-state index < -0.39 is 17.7 Å². The molecule has 1 aromatic heterocycles. The van der Waals surface area contributed by atoms with Crippen molar-refractivity contribution in [3.05, 3.63) is 107 Å². The average Bonchev–Trinajstić information content (AvgIpc) is 3.33. The van der Waals surface area contributed by atoms with Crippen LogP contribution in [-0.2, 0) is 16.1 Å². The number of para-hydroxylation sites is 2. The van der Waals surface area contributed by atoms with Gasteiger partial charge in [-0.05, 0) is 36.4 Å². The maximum Gasteiger partial charge on any atom is 0.340 e. The maximum atomic E-state index is 14.3. The van der Waals surface area contributed by atoms with Gasteiger partial charge in [-0.2, -0.15) is 0 Å². The monoisotopic (exact) mass is 489 g/mol. The predicted molar refractivity (Wildman–Crippen MR) is 131 cm³/mol. The zero-order chi connectivity index (χ0) is 24.8. The van der Waals surface area contributed by atoms with Gasteiger partial charge in [-0.25, -0.2) is 14.2 Å². The highest BCUT2D eigenvalue weighted by molar-refractivity contribution is 7.14. The first kappa shape index (κ1) is 23.8. The lowest BCUT2D eigenvalue weighted by atomic mass is 10.1. The summed E-state index contributed by atoms with van der Waals surface area (Å²) in [4.78, 5) is 43.0. The number of thiazole rings is 1. The zero-order valence-electron chi connectivity index (χ0n) is 18.6. The topological polar surface area (TPSA) is 88.6 Å². The fourth-order valence-corrected chi connectivity index (χ4v) is 4.14. The summed E-state index contributed by atoms with van der Waals surface area (Å²) in [7, 11) is 0. The normalized spacial score (nSPS) is 10.5. The molecule has 1 N–H and O–H groups in total. The van der Waals surface area contributed by atoms with Gasteiger partial charge in [0.25, 0.3) is 5.91 Å². The summed E-state index contributed by atoms with van der Waals surface area (Å²) in [5.41, 5.74) is 1.43. The van der Waals surface area contributed by atoms with Crippen LogP contribution in [0.3, 0.4) is 0 Å². The molecular formula is C26H20FN3O4S. The van der Waals surface area contributed by atoms with E-state index >= 15 is 0 Å². The van der Waals surface area contributed by atoms with Gasteiger partial charge in [-0.3, -0.25) is 14.5 Å². The first-order chi connectivity index (χ1) is 16.9. The fraction of sp³-hybridized carbons (Fsp3) is 0.0769. The molecule has 0 aliphatic carbocycles. The molecule has 0 spiro atoms. The molecule has 0 aliphatic heterocycles. The number of carbonyl (C=O) groups excluding carboxylic acids is 3. The molecule has 0 saturated carbocycles. The van der Waals surface area contributed by atoms with Crippen LogP contribution < -0.4 is 10.2 Å².